The molecule has 12 heterocycles. The molecule has 0 saturated carbocycles. The zero-order valence-corrected chi connectivity index (χ0v) is 94.4. The Hall–Kier alpha value is -0.480. The summed E-state index contributed by atoms with van der Waals surface area (Å²) in [6, 6.07) is 0. The number of nitrogens with zero attached hydrogens (tertiary/aromatic N) is 12. The standard InChI is InChI=1S/12C7H16NO.6FH2O3P/c12*1-8(7-9-2)5-3-4-6-8;6*1-5(2,3)4/h12*3-7H2,1-2H3;6*(H2,2,3,4)/q12*+1;;;;;;/p-12. The molecule has 0 spiro atoms. The summed E-state index contributed by atoms with van der Waals surface area (Å²) in [5.41, 5.74) is 0. The Morgan fingerprint density at radius 1 is 0.145 bits per heavy atom. The number of methoxy groups -OCH3 is 12. The Balaban J connectivity index is -0.000000336. The molecule has 0 aromatic carbocycles. The fraction of sp³-hybridized carbons (Fsp3) is 1.00. The summed E-state index contributed by atoms with van der Waals surface area (Å²) in [5, 5.41) is 0. The monoisotopic (exact) mass is 2150 g/mol. The van der Waals surface area contributed by atoms with Crippen LogP contribution in [-0.4, -0.2) is 462 Å². The van der Waals surface area contributed by atoms with Gasteiger partial charge in [0, 0.05) is 239 Å². The van der Waals surface area contributed by atoms with Crippen LogP contribution in [0.2, 0.25) is 0 Å². The van der Waals surface area contributed by atoms with Crippen LogP contribution in [0, 0.1) is 0 Å². The van der Waals surface area contributed by atoms with Gasteiger partial charge < -0.3 is 197 Å². The fourth-order valence-electron chi connectivity index (χ4n) is 18.5. The van der Waals surface area contributed by atoms with Crippen molar-refractivity contribution < 1.29 is 222 Å². The fourth-order valence-corrected chi connectivity index (χ4v) is 18.5. The summed E-state index contributed by atoms with van der Waals surface area (Å²) >= 11 is 0. The van der Waals surface area contributed by atoms with E-state index in [1.54, 1.807) is 85.3 Å². The van der Waals surface area contributed by atoms with Gasteiger partial charge in [-0.2, -0.15) is 0 Å². The molecule has 12 rings (SSSR count). The molecule has 0 aliphatic carbocycles. The molecule has 0 unspecified atom stereocenters. The Morgan fingerprint density at radius 2 is 0.181 bits per heavy atom. The predicted octanol–water partition coefficient (Wildman–Crippen LogP) is 2.68. The molecule has 0 aromatic heterocycles. The Bertz CT molecular complexity index is 2460. The highest BCUT2D eigenvalue weighted by atomic mass is 31.2. The van der Waals surface area contributed by atoms with Gasteiger partial charge in [0.25, 0.3) is 0 Å². The van der Waals surface area contributed by atoms with E-state index in [-0.39, 0.29) is 0 Å². The Kier molecular flexibility index (Phi) is 83.5. The lowest BCUT2D eigenvalue weighted by Gasteiger charge is -2.27. The minimum atomic E-state index is -5.64. The zero-order valence-electron chi connectivity index (χ0n) is 89.0. The molecule has 42 nitrogen and oxygen atoms in total. The van der Waals surface area contributed by atoms with Crippen LogP contribution in [0.5, 0.6) is 0 Å². The molecule has 840 valence electrons. The normalized spacial score (nSPS) is 21.9. The Morgan fingerprint density at radius 3 is 0.210 bits per heavy atom. The van der Waals surface area contributed by atoms with Crippen molar-refractivity contribution in [3.63, 3.8) is 0 Å². The molecule has 12 fully saturated rings. The highest BCUT2D eigenvalue weighted by molar-refractivity contribution is 7.43. The highest BCUT2D eigenvalue weighted by Gasteiger charge is 2.34. The van der Waals surface area contributed by atoms with Crippen molar-refractivity contribution >= 4 is 47.4 Å². The van der Waals surface area contributed by atoms with Gasteiger partial charge in [-0.05, 0) is 0 Å². The van der Waals surface area contributed by atoms with Crippen LogP contribution < -0.4 is 58.7 Å². The van der Waals surface area contributed by atoms with Gasteiger partial charge in [-0.1, -0.05) is 0 Å². The molecule has 0 radical (unpaired) electrons. The maximum Gasteiger partial charge on any atom is 0.182 e. The summed E-state index contributed by atoms with van der Waals surface area (Å²) in [5.74, 6) is 0. The van der Waals surface area contributed by atoms with Crippen molar-refractivity contribution in [2.45, 2.75) is 154 Å². The average molecular weight is 2150 g/mol. The summed E-state index contributed by atoms with van der Waals surface area (Å²) in [4.78, 5) is 101. The maximum absolute atomic E-state index is 10.1. The molecule has 12 aliphatic rings. The summed E-state index contributed by atoms with van der Waals surface area (Å²) in [6.45, 7) is 41.9. The summed E-state index contributed by atoms with van der Waals surface area (Å²) < 4.78 is 186. The van der Waals surface area contributed by atoms with Crippen molar-refractivity contribution in [1.29, 1.82) is 0 Å². The van der Waals surface area contributed by atoms with Gasteiger partial charge in [0.2, 0.25) is 0 Å². The summed E-state index contributed by atoms with van der Waals surface area (Å²) in [6.07, 6.45) is 33.0. The van der Waals surface area contributed by atoms with Crippen molar-refractivity contribution in [3.8, 4) is 0 Å². The molecule has 12 aliphatic heterocycles. The van der Waals surface area contributed by atoms with Crippen LogP contribution >= 0.6 is 47.4 Å². The van der Waals surface area contributed by atoms with E-state index in [2.05, 4.69) is 84.6 Å². The van der Waals surface area contributed by atoms with Crippen molar-refractivity contribution in [1.82, 2.24) is 0 Å². The van der Waals surface area contributed by atoms with Crippen LogP contribution in [0.15, 0.2) is 0 Å². The van der Waals surface area contributed by atoms with E-state index in [9.17, 15) is 25.2 Å². The first kappa shape index (κ1) is 148. The van der Waals surface area contributed by atoms with Crippen molar-refractivity contribution in [2.75, 3.05) is 408 Å². The van der Waals surface area contributed by atoms with Gasteiger partial charge >= 0.3 is 0 Å². The minimum Gasteiger partial charge on any atom is -0.786 e. The lowest BCUT2D eigenvalue weighted by Crippen LogP contribution is -2.42. The van der Waals surface area contributed by atoms with Crippen LogP contribution in [0.3, 0.4) is 0 Å². The lowest BCUT2D eigenvalue weighted by atomic mass is 10.4. The third-order valence-corrected chi connectivity index (χ3v) is 25.0. The van der Waals surface area contributed by atoms with Crippen LogP contribution in [-0.2, 0) is 84.2 Å². The third-order valence-electron chi connectivity index (χ3n) is 25.0. The second-order valence-electron chi connectivity index (χ2n) is 40.9. The molecule has 0 bridgehead atoms. The van der Waals surface area contributed by atoms with E-state index < -0.39 is 47.4 Å². The lowest BCUT2D eigenvalue weighted by molar-refractivity contribution is -0.916. The van der Waals surface area contributed by atoms with Gasteiger partial charge in [0.05, 0.1) is 242 Å². The van der Waals surface area contributed by atoms with E-state index in [4.69, 9.17) is 143 Å². The number of hydrogen-bond donors (Lipinski definition) is 0. The molecule has 0 amide bonds. The number of ether oxygens (including phenoxy) is 12. The molecule has 0 N–H and O–H groups in total. The SMILES string of the molecule is COC[N+]1(C)CCCC1.COC[N+]1(C)CCCC1.COC[N+]1(C)CCCC1.COC[N+]1(C)CCCC1.COC[N+]1(C)CCCC1.COC[N+]1(C)CCCC1.COC[N+]1(C)CCCC1.COC[N+]1(C)CCCC1.COC[N+]1(C)CCCC1.COC[N+]1(C)CCCC1.COC[N+]1(C)CCCC1.COC[N+]1(C)CCCC1.O=P([O-])([O-])F.O=P([O-])([O-])F.O=P([O-])([O-])F.O=P([O-])([O-])F.O=P([O-])([O-])F.O=P([O-])([O-])F. The second-order valence-corrected chi connectivity index (χ2v) is 46.1. The minimum absolute atomic E-state index is 0.889. The third kappa shape index (κ3) is 101. The number of rotatable bonds is 24. The first-order valence-electron chi connectivity index (χ1n) is 47.4. The molecule has 138 heavy (non-hydrogen) atoms. The van der Waals surface area contributed by atoms with E-state index in [1.165, 1.54) is 311 Å². The highest BCUT2D eigenvalue weighted by Crippen LogP contribution is 2.28. The first-order chi connectivity index (χ1) is 63.2. The van der Waals surface area contributed by atoms with E-state index in [0.29, 0.717) is 0 Å². The van der Waals surface area contributed by atoms with Crippen LogP contribution in [0.25, 0.3) is 0 Å². The van der Waals surface area contributed by atoms with Crippen molar-refractivity contribution in [3.05, 3.63) is 0 Å². The van der Waals surface area contributed by atoms with E-state index in [1.807, 2.05) is 0 Å². The predicted molar refractivity (Wildman–Crippen MR) is 497 cm³/mol. The van der Waals surface area contributed by atoms with Gasteiger partial charge in [-0.3, -0.25) is 0 Å². The second kappa shape index (κ2) is 77.8. The smallest absolute Gasteiger partial charge is 0.182 e. The van der Waals surface area contributed by atoms with Gasteiger partial charge in [-0.15, -0.1) is 0 Å². The van der Waals surface area contributed by atoms with Crippen LogP contribution in [0.1, 0.15) is 154 Å². The largest absolute Gasteiger partial charge is 0.786 e. The maximum atomic E-state index is 10.1. The topological polar surface area (TPSA) is 490 Å². The van der Waals surface area contributed by atoms with Crippen LogP contribution in [0.4, 0.5) is 25.2 Å². The van der Waals surface area contributed by atoms with Gasteiger partial charge in [-0.25, -0.2) is 25.2 Å². The average Bonchev–Trinajstić information content (AvgIpc) is 1.85. The van der Waals surface area contributed by atoms with Gasteiger partial charge in [0.15, 0.2) is 80.8 Å². The molecular weight excluding hydrogens is 1960 g/mol. The molecule has 0 atom stereocenters. The zero-order chi connectivity index (χ0) is 108. The molecule has 54 heteroatoms. The molecule has 0 aromatic rings. The molecular formula is C84H192F6N12O30P6. The number of hydrogen-bond acceptors (Lipinski definition) is 30. The quantitative estimate of drug-likeness (QED) is 0.0761. The number of likely N-dealkylation sites (tertiary alicyclic amines) is 12. The van der Waals surface area contributed by atoms with E-state index in [0.717, 1.165) is 135 Å². The first-order valence-corrected chi connectivity index (χ1v) is 56.0. The Labute approximate surface area is 827 Å². The van der Waals surface area contributed by atoms with Crippen molar-refractivity contribution in [2.24, 2.45) is 0 Å². The van der Waals surface area contributed by atoms with E-state index >= 15 is 0 Å². The van der Waals surface area contributed by atoms with Gasteiger partial charge in [0.1, 0.15) is 47.4 Å². The molecule has 12 saturated heterocycles. The summed E-state index contributed by atoms with van der Waals surface area (Å²) in [7, 11) is 14.6. The number of halogens is 6. The number of quaternary nitrogens is 12.